The van der Waals surface area contributed by atoms with Crippen LogP contribution in [0.3, 0.4) is 0 Å². The molecule has 0 bridgehead atoms. The lowest BCUT2D eigenvalue weighted by atomic mass is 9.78. The maximum absolute atomic E-state index is 12.9. The van der Waals surface area contributed by atoms with Crippen LogP contribution >= 0.6 is 0 Å². The van der Waals surface area contributed by atoms with Crippen molar-refractivity contribution < 1.29 is 24.2 Å². The molecule has 0 aliphatic heterocycles. The van der Waals surface area contributed by atoms with Crippen molar-refractivity contribution in [2.75, 3.05) is 6.61 Å². The van der Waals surface area contributed by atoms with E-state index in [1.54, 1.807) is 0 Å². The first kappa shape index (κ1) is 22.1. The second-order valence-corrected chi connectivity index (χ2v) is 10.8. The van der Waals surface area contributed by atoms with Gasteiger partial charge in [-0.2, -0.15) is 0 Å². The molecule has 3 fully saturated rings. The zero-order valence-corrected chi connectivity index (χ0v) is 19.5. The molecule has 35 heavy (non-hydrogen) atoms. The number of fused-ring (bicyclic) bond motifs is 4. The standard InChI is InChI=1S/C28H30N2O5/c31-25(32)11-16-9-18(10-16)29-26(33)28-13-17(28)12-19(14-28)30-27(34)35-15-24-22-7-3-1-5-20(22)21-6-2-4-8-23(21)24/h1-8,16-19,24H,9-15H2,(H,29,33)(H,30,34)(H,31,32). The van der Waals surface area contributed by atoms with Crippen LogP contribution < -0.4 is 10.6 Å². The summed E-state index contributed by atoms with van der Waals surface area (Å²) in [6.07, 6.45) is 3.52. The number of amides is 2. The predicted octanol–water partition coefficient (Wildman–Crippen LogP) is 4.06. The molecule has 7 nitrogen and oxygen atoms in total. The summed E-state index contributed by atoms with van der Waals surface area (Å²) < 4.78 is 5.68. The fourth-order valence-electron chi connectivity index (χ4n) is 6.69. The molecule has 0 heterocycles. The molecule has 3 atom stereocenters. The van der Waals surface area contributed by atoms with E-state index in [9.17, 15) is 14.4 Å². The molecular weight excluding hydrogens is 444 g/mol. The van der Waals surface area contributed by atoms with Crippen LogP contribution in [0, 0.1) is 17.3 Å². The summed E-state index contributed by atoms with van der Waals surface area (Å²) in [6, 6.07) is 16.5. The number of nitrogens with one attached hydrogen (secondary N) is 2. The molecule has 0 saturated heterocycles. The zero-order valence-electron chi connectivity index (χ0n) is 19.5. The Morgan fingerprint density at radius 3 is 2.20 bits per heavy atom. The van der Waals surface area contributed by atoms with Crippen LogP contribution in [0.2, 0.25) is 0 Å². The largest absolute Gasteiger partial charge is 0.481 e. The Labute approximate surface area is 204 Å². The molecular formula is C28H30N2O5. The van der Waals surface area contributed by atoms with Gasteiger partial charge >= 0.3 is 12.1 Å². The smallest absolute Gasteiger partial charge is 0.407 e. The van der Waals surface area contributed by atoms with Gasteiger partial charge in [0, 0.05) is 24.4 Å². The fraction of sp³-hybridized carbons (Fsp3) is 0.464. The number of rotatable bonds is 7. The topological polar surface area (TPSA) is 105 Å². The first-order chi connectivity index (χ1) is 16.9. The van der Waals surface area contributed by atoms with Crippen LogP contribution in [0.1, 0.15) is 55.6 Å². The van der Waals surface area contributed by atoms with E-state index in [4.69, 9.17) is 9.84 Å². The van der Waals surface area contributed by atoms with E-state index in [-0.39, 0.29) is 48.3 Å². The number of benzene rings is 2. The Hall–Kier alpha value is -3.35. The van der Waals surface area contributed by atoms with E-state index in [1.807, 2.05) is 24.3 Å². The minimum Gasteiger partial charge on any atom is -0.481 e. The number of carboxylic acid groups (broad SMARTS) is 1. The van der Waals surface area contributed by atoms with Crippen molar-refractivity contribution in [1.82, 2.24) is 10.6 Å². The zero-order chi connectivity index (χ0) is 24.2. The van der Waals surface area contributed by atoms with Crippen molar-refractivity contribution in [3.8, 4) is 11.1 Å². The normalized spacial score (nSPS) is 29.8. The highest BCUT2D eigenvalue weighted by Crippen LogP contribution is 2.63. The summed E-state index contributed by atoms with van der Waals surface area (Å²) >= 11 is 0. The molecule has 2 aromatic rings. The van der Waals surface area contributed by atoms with Gasteiger partial charge < -0.3 is 20.5 Å². The molecule has 0 spiro atoms. The third kappa shape index (κ3) is 3.97. The highest BCUT2D eigenvalue weighted by molar-refractivity contribution is 5.87. The number of hydrogen-bond donors (Lipinski definition) is 3. The lowest BCUT2D eigenvalue weighted by Gasteiger charge is -2.36. The molecule has 2 amide bonds. The maximum atomic E-state index is 12.9. The number of aliphatic carboxylic acids is 1. The first-order valence-corrected chi connectivity index (χ1v) is 12.6. The Balaban J connectivity index is 1.00. The van der Waals surface area contributed by atoms with Crippen LogP contribution in [0.5, 0.6) is 0 Å². The quantitative estimate of drug-likeness (QED) is 0.561. The van der Waals surface area contributed by atoms with Gasteiger partial charge in [0.15, 0.2) is 0 Å². The molecule has 3 N–H and O–H groups in total. The van der Waals surface area contributed by atoms with E-state index >= 15 is 0 Å². The van der Waals surface area contributed by atoms with E-state index in [1.165, 1.54) is 22.3 Å². The Kier molecular flexibility index (Phi) is 5.31. The number of carboxylic acids is 1. The summed E-state index contributed by atoms with van der Waals surface area (Å²) in [5.74, 6) is -0.223. The maximum Gasteiger partial charge on any atom is 0.407 e. The number of ether oxygens (including phenoxy) is 1. The molecule has 0 aromatic heterocycles. The van der Waals surface area contributed by atoms with Crippen molar-refractivity contribution in [3.05, 3.63) is 59.7 Å². The predicted molar refractivity (Wildman–Crippen MR) is 129 cm³/mol. The molecule has 2 aromatic carbocycles. The first-order valence-electron chi connectivity index (χ1n) is 12.6. The van der Waals surface area contributed by atoms with Crippen LogP contribution in [-0.2, 0) is 14.3 Å². The van der Waals surface area contributed by atoms with Gasteiger partial charge in [-0.05, 0) is 66.2 Å². The van der Waals surface area contributed by atoms with Gasteiger partial charge in [0.1, 0.15) is 6.61 Å². The van der Waals surface area contributed by atoms with E-state index in [2.05, 4.69) is 34.9 Å². The second-order valence-electron chi connectivity index (χ2n) is 10.8. The summed E-state index contributed by atoms with van der Waals surface area (Å²) in [5, 5.41) is 15.0. The number of carbonyl (C=O) groups excluding carboxylic acids is 2. The third-order valence-electron chi connectivity index (χ3n) is 8.56. The van der Waals surface area contributed by atoms with Gasteiger partial charge in [0.25, 0.3) is 0 Å². The number of alkyl carbamates (subject to hydrolysis) is 1. The molecule has 3 unspecified atom stereocenters. The van der Waals surface area contributed by atoms with Gasteiger partial charge in [-0.25, -0.2) is 4.79 Å². The summed E-state index contributed by atoms with van der Waals surface area (Å²) in [5.41, 5.74) is 4.38. The van der Waals surface area contributed by atoms with Crippen LogP contribution in [0.25, 0.3) is 11.1 Å². The second kappa shape index (κ2) is 8.40. The summed E-state index contributed by atoms with van der Waals surface area (Å²) in [7, 11) is 0. The SMILES string of the molecule is O=C(O)CC1CC(NC(=O)C23CC(NC(=O)OCC4c5ccccc5-c5ccccc54)CC2C3)C1. The minimum absolute atomic E-state index is 0.0229. The highest BCUT2D eigenvalue weighted by Gasteiger charge is 2.65. The van der Waals surface area contributed by atoms with Crippen molar-refractivity contribution in [3.63, 3.8) is 0 Å². The average molecular weight is 475 g/mol. The van der Waals surface area contributed by atoms with E-state index < -0.39 is 12.1 Å². The van der Waals surface area contributed by atoms with Gasteiger partial charge in [-0.15, -0.1) is 0 Å². The van der Waals surface area contributed by atoms with Crippen molar-refractivity contribution >= 4 is 18.0 Å². The minimum atomic E-state index is -0.779. The van der Waals surface area contributed by atoms with Crippen molar-refractivity contribution in [2.45, 2.75) is 56.5 Å². The summed E-state index contributed by atoms with van der Waals surface area (Å²) in [6.45, 7) is 0.279. The molecule has 3 saturated carbocycles. The lowest BCUT2D eigenvalue weighted by Crippen LogP contribution is -2.48. The fourth-order valence-corrected chi connectivity index (χ4v) is 6.69. The van der Waals surface area contributed by atoms with Gasteiger partial charge in [0.05, 0.1) is 5.41 Å². The molecule has 7 heteroatoms. The molecule has 0 radical (unpaired) electrons. The van der Waals surface area contributed by atoms with Crippen LogP contribution in [-0.4, -0.2) is 41.8 Å². The monoisotopic (exact) mass is 474 g/mol. The van der Waals surface area contributed by atoms with Gasteiger partial charge in [0.2, 0.25) is 5.91 Å². The third-order valence-corrected chi connectivity index (χ3v) is 8.56. The number of hydrogen-bond acceptors (Lipinski definition) is 4. The van der Waals surface area contributed by atoms with E-state index in [0.29, 0.717) is 12.3 Å². The highest BCUT2D eigenvalue weighted by atomic mass is 16.5. The Morgan fingerprint density at radius 2 is 1.54 bits per heavy atom. The summed E-state index contributed by atoms with van der Waals surface area (Å²) in [4.78, 5) is 36.4. The number of carbonyl (C=O) groups is 3. The molecule has 4 aliphatic rings. The van der Waals surface area contributed by atoms with Crippen LogP contribution in [0.4, 0.5) is 4.79 Å². The van der Waals surface area contributed by atoms with Crippen molar-refractivity contribution in [1.29, 1.82) is 0 Å². The van der Waals surface area contributed by atoms with Crippen molar-refractivity contribution in [2.24, 2.45) is 17.3 Å². The van der Waals surface area contributed by atoms with Crippen LogP contribution in [0.15, 0.2) is 48.5 Å². The molecule has 6 rings (SSSR count). The average Bonchev–Trinajstić information content (AvgIpc) is 3.24. The van der Waals surface area contributed by atoms with Gasteiger partial charge in [-0.3, -0.25) is 9.59 Å². The Bertz CT molecular complexity index is 1140. The van der Waals surface area contributed by atoms with Gasteiger partial charge in [-0.1, -0.05) is 48.5 Å². The van der Waals surface area contributed by atoms with E-state index in [0.717, 1.165) is 25.7 Å². The Morgan fingerprint density at radius 1 is 0.886 bits per heavy atom. The molecule has 4 aliphatic carbocycles. The lowest BCUT2D eigenvalue weighted by molar-refractivity contribution is -0.139. The molecule has 182 valence electrons.